The van der Waals surface area contributed by atoms with Crippen LogP contribution in [-0.4, -0.2) is 37.9 Å². The molecule has 2 N–H and O–H groups in total. The first-order chi connectivity index (χ1) is 13.4. The highest BCUT2D eigenvalue weighted by atomic mass is 32.2. The van der Waals surface area contributed by atoms with Crippen LogP contribution in [0.4, 0.5) is 0 Å². The minimum absolute atomic E-state index is 0.0322. The van der Waals surface area contributed by atoms with Crippen molar-refractivity contribution in [1.29, 1.82) is 0 Å². The van der Waals surface area contributed by atoms with Crippen LogP contribution in [0.25, 0.3) is 0 Å². The summed E-state index contributed by atoms with van der Waals surface area (Å²) < 4.78 is 69.4. The highest BCUT2D eigenvalue weighted by molar-refractivity contribution is 7.86. The van der Waals surface area contributed by atoms with Crippen LogP contribution in [-0.2, 0) is 37.8 Å². The lowest BCUT2D eigenvalue weighted by Gasteiger charge is -2.13. The van der Waals surface area contributed by atoms with Crippen LogP contribution in [0.3, 0.4) is 0 Å². The van der Waals surface area contributed by atoms with E-state index >= 15 is 0 Å². The molecule has 0 amide bonds. The first kappa shape index (κ1) is 22.7. The molecule has 2 rings (SSSR count). The maximum Gasteiger partial charge on any atom is 0.346 e. The van der Waals surface area contributed by atoms with Gasteiger partial charge in [-0.2, -0.15) is 16.8 Å². The molecule has 0 unspecified atom stereocenters. The number of carbonyl (C=O) groups is 2. The number of hydrogen-bond donors (Lipinski definition) is 2. The molecule has 0 aromatic heterocycles. The molecule has 0 aliphatic carbocycles. The molecule has 0 aliphatic rings. The zero-order valence-electron chi connectivity index (χ0n) is 15.4. The van der Waals surface area contributed by atoms with Crippen LogP contribution < -0.4 is 0 Å². The van der Waals surface area contributed by atoms with E-state index in [1.807, 2.05) is 0 Å². The summed E-state index contributed by atoms with van der Waals surface area (Å²) in [5.41, 5.74) is -0.537. The van der Waals surface area contributed by atoms with Crippen LogP contribution in [0.2, 0.25) is 0 Å². The van der Waals surface area contributed by atoms with Gasteiger partial charge in [0.25, 0.3) is 20.2 Å². The molecule has 0 radical (unpaired) electrons. The molecule has 29 heavy (non-hydrogen) atoms. The fourth-order valence-electron chi connectivity index (χ4n) is 2.92. The average Bonchev–Trinajstić information content (AvgIpc) is 2.64. The highest BCUT2D eigenvalue weighted by Crippen LogP contribution is 2.24. The van der Waals surface area contributed by atoms with E-state index in [2.05, 4.69) is 0 Å². The van der Waals surface area contributed by atoms with E-state index in [4.69, 9.17) is 4.74 Å². The summed E-state index contributed by atoms with van der Waals surface area (Å²) in [6.07, 6.45) is 0.0973. The fraction of sp³-hybridized carbons (Fsp3) is 0.222. The Morgan fingerprint density at radius 3 is 1.38 bits per heavy atom. The Labute approximate surface area is 167 Å². The monoisotopic (exact) mass is 442 g/mol. The smallest absolute Gasteiger partial charge is 0.346 e. The normalized spacial score (nSPS) is 11.9. The second kappa shape index (κ2) is 8.41. The summed E-state index contributed by atoms with van der Waals surface area (Å²) in [6.45, 7) is 3.10. The molecule has 0 fully saturated rings. The van der Waals surface area contributed by atoms with Crippen LogP contribution in [0, 0.1) is 0 Å². The van der Waals surface area contributed by atoms with Gasteiger partial charge in [0.1, 0.15) is 0 Å². The fourth-order valence-corrected chi connectivity index (χ4v) is 4.55. The van der Waals surface area contributed by atoms with Gasteiger partial charge in [0.2, 0.25) is 0 Å². The third-order valence-corrected chi connectivity index (χ3v) is 6.03. The first-order valence-electron chi connectivity index (χ1n) is 8.37. The largest absolute Gasteiger partial charge is 0.386 e. The predicted molar refractivity (Wildman–Crippen MR) is 101 cm³/mol. The van der Waals surface area contributed by atoms with Crippen molar-refractivity contribution in [2.75, 3.05) is 0 Å². The molecular formula is C18H18O9S2. The molecule has 0 bridgehead atoms. The molecular weight excluding hydrogens is 424 g/mol. The number of hydrogen-bond acceptors (Lipinski definition) is 7. The van der Waals surface area contributed by atoms with E-state index in [1.54, 1.807) is 13.8 Å². The highest BCUT2D eigenvalue weighted by Gasteiger charge is 2.26. The van der Waals surface area contributed by atoms with Gasteiger partial charge in [0, 0.05) is 0 Å². The van der Waals surface area contributed by atoms with Crippen molar-refractivity contribution >= 4 is 32.2 Å². The van der Waals surface area contributed by atoms with Gasteiger partial charge in [0.15, 0.2) is 0 Å². The van der Waals surface area contributed by atoms with Crippen molar-refractivity contribution < 1.29 is 40.3 Å². The average molecular weight is 442 g/mol. The SMILES string of the molecule is CCc1c(C(=O)OC(=O)c2cccc(S(=O)(=O)O)c2CC)cccc1S(=O)(=O)O. The number of carbonyl (C=O) groups excluding carboxylic acids is 2. The second-order valence-electron chi connectivity index (χ2n) is 5.90. The molecule has 9 nitrogen and oxygen atoms in total. The van der Waals surface area contributed by atoms with E-state index in [9.17, 15) is 35.5 Å². The molecule has 0 aliphatic heterocycles. The molecule has 11 heteroatoms. The molecule has 0 atom stereocenters. The van der Waals surface area contributed by atoms with Crippen LogP contribution in [0.5, 0.6) is 0 Å². The Morgan fingerprint density at radius 1 is 0.759 bits per heavy atom. The topological polar surface area (TPSA) is 152 Å². The quantitative estimate of drug-likeness (QED) is 0.390. The van der Waals surface area contributed by atoms with E-state index in [-0.39, 0.29) is 35.1 Å². The Bertz CT molecular complexity index is 1090. The van der Waals surface area contributed by atoms with Gasteiger partial charge in [-0.3, -0.25) is 9.11 Å². The summed E-state index contributed by atoms with van der Waals surface area (Å²) in [4.78, 5) is 24.0. The van der Waals surface area contributed by atoms with Crippen LogP contribution in [0.15, 0.2) is 46.2 Å². The number of ether oxygens (including phenoxy) is 1. The van der Waals surface area contributed by atoms with Crippen LogP contribution >= 0.6 is 0 Å². The van der Waals surface area contributed by atoms with E-state index in [0.717, 1.165) is 12.1 Å². The molecule has 0 saturated carbocycles. The number of benzene rings is 2. The van der Waals surface area contributed by atoms with Crippen molar-refractivity contribution in [3.8, 4) is 0 Å². The minimum atomic E-state index is -4.60. The lowest BCUT2D eigenvalue weighted by Crippen LogP contribution is -2.18. The van der Waals surface area contributed by atoms with E-state index in [0.29, 0.717) is 0 Å². The Balaban J connectivity index is 2.47. The molecule has 0 heterocycles. The van der Waals surface area contributed by atoms with Gasteiger partial charge < -0.3 is 4.74 Å². The standard InChI is InChI=1S/C18H18O9S2/c1-3-11-13(7-5-9-15(11)28(21,22)23)17(19)27-18(20)14-8-6-10-16(12(14)4-2)29(24,25)26/h5-10H,3-4H2,1-2H3,(H,21,22,23)(H,24,25,26). The third kappa shape index (κ3) is 4.88. The van der Waals surface area contributed by atoms with Crippen molar-refractivity contribution in [3.05, 3.63) is 58.7 Å². The van der Waals surface area contributed by atoms with Gasteiger partial charge in [-0.05, 0) is 48.2 Å². The molecule has 0 saturated heterocycles. The van der Waals surface area contributed by atoms with Crippen molar-refractivity contribution in [2.24, 2.45) is 0 Å². The van der Waals surface area contributed by atoms with Gasteiger partial charge in [-0.1, -0.05) is 26.0 Å². The Kier molecular flexibility index (Phi) is 6.58. The van der Waals surface area contributed by atoms with Crippen molar-refractivity contribution in [1.82, 2.24) is 0 Å². The minimum Gasteiger partial charge on any atom is -0.386 e. The summed E-state index contributed by atoms with van der Waals surface area (Å²) in [5, 5.41) is 0. The van der Waals surface area contributed by atoms with Gasteiger partial charge in [0.05, 0.1) is 20.9 Å². The van der Waals surface area contributed by atoms with Gasteiger partial charge in [-0.25, -0.2) is 9.59 Å². The van der Waals surface area contributed by atoms with Crippen molar-refractivity contribution in [3.63, 3.8) is 0 Å². The van der Waals surface area contributed by atoms with Gasteiger partial charge >= 0.3 is 11.9 Å². The summed E-state index contributed by atoms with van der Waals surface area (Å²) >= 11 is 0. The lowest BCUT2D eigenvalue weighted by molar-refractivity contribution is 0.0396. The number of rotatable bonds is 6. The van der Waals surface area contributed by atoms with Crippen molar-refractivity contribution in [2.45, 2.75) is 36.5 Å². The third-order valence-electron chi connectivity index (χ3n) is 4.15. The van der Waals surface area contributed by atoms with E-state index < -0.39 is 42.0 Å². The van der Waals surface area contributed by atoms with E-state index in [1.165, 1.54) is 24.3 Å². The Morgan fingerprint density at radius 2 is 1.10 bits per heavy atom. The van der Waals surface area contributed by atoms with Gasteiger partial charge in [-0.15, -0.1) is 0 Å². The summed E-state index contributed by atoms with van der Waals surface area (Å²) in [7, 11) is -9.20. The first-order valence-corrected chi connectivity index (χ1v) is 11.2. The lowest BCUT2D eigenvalue weighted by atomic mass is 10.0. The number of esters is 2. The van der Waals surface area contributed by atoms with Crippen LogP contribution in [0.1, 0.15) is 45.7 Å². The zero-order valence-corrected chi connectivity index (χ0v) is 17.1. The maximum atomic E-state index is 12.5. The molecule has 0 spiro atoms. The zero-order chi connectivity index (χ0) is 22.0. The molecule has 156 valence electrons. The second-order valence-corrected chi connectivity index (χ2v) is 8.68. The maximum absolute atomic E-state index is 12.5. The summed E-state index contributed by atoms with van der Waals surface area (Å²) in [6, 6.07) is 7.10. The summed E-state index contributed by atoms with van der Waals surface area (Å²) in [5.74, 6) is -2.34. The molecule has 2 aromatic carbocycles. The predicted octanol–water partition coefficient (Wildman–Crippen LogP) is 2.30. The molecule has 2 aromatic rings. The Hall–Kier alpha value is -2.60.